The molecule has 0 saturated carbocycles. The number of hydrogen-bond donors (Lipinski definition) is 2. The average molecular weight is 522 g/mol. The summed E-state index contributed by atoms with van der Waals surface area (Å²) in [5, 5.41) is 12.6. The Kier molecular flexibility index (Phi) is 6.08. The smallest absolute Gasteiger partial charge is 0.407 e. The van der Waals surface area contributed by atoms with Gasteiger partial charge in [0.15, 0.2) is 4.96 Å². The zero-order valence-corrected chi connectivity index (χ0v) is 21.3. The van der Waals surface area contributed by atoms with E-state index in [1.165, 1.54) is 22.3 Å². The lowest BCUT2D eigenvalue weighted by Gasteiger charge is -2.29. The third kappa shape index (κ3) is 4.44. The van der Waals surface area contributed by atoms with Crippen LogP contribution in [0.4, 0.5) is 9.18 Å². The number of halogens is 1. The number of carbonyl (C=O) groups excluding carboxylic acids is 1. The van der Waals surface area contributed by atoms with Gasteiger partial charge >= 0.3 is 6.09 Å². The molecule has 6 rings (SSSR count). The lowest BCUT2D eigenvalue weighted by Crippen LogP contribution is -2.43. The molecule has 2 aromatic carbocycles. The Morgan fingerprint density at radius 1 is 1.11 bits per heavy atom. The molecule has 2 aromatic heterocycles. The van der Waals surface area contributed by atoms with Crippen molar-refractivity contribution in [3.63, 3.8) is 0 Å². The van der Waals surface area contributed by atoms with E-state index in [1.807, 2.05) is 28.8 Å². The van der Waals surface area contributed by atoms with Crippen LogP contribution in [0, 0.1) is 5.82 Å². The number of hydrogen-bond acceptors (Lipinski definition) is 5. The Labute approximate surface area is 217 Å². The van der Waals surface area contributed by atoms with Crippen LogP contribution in [0.2, 0.25) is 0 Å². The summed E-state index contributed by atoms with van der Waals surface area (Å²) in [4.78, 5) is 33.3. The first-order valence-corrected chi connectivity index (χ1v) is 13.4. The number of aromatic nitrogens is 2. The van der Waals surface area contributed by atoms with Gasteiger partial charge in [0.1, 0.15) is 5.82 Å². The van der Waals surface area contributed by atoms with Crippen molar-refractivity contribution in [1.82, 2.24) is 24.5 Å². The molecule has 8 nitrogen and oxygen atoms in total. The van der Waals surface area contributed by atoms with Gasteiger partial charge in [-0.3, -0.25) is 9.20 Å². The van der Waals surface area contributed by atoms with E-state index in [1.54, 1.807) is 12.1 Å². The largest absolute Gasteiger partial charge is 0.465 e. The second-order valence-electron chi connectivity index (χ2n) is 9.99. The summed E-state index contributed by atoms with van der Waals surface area (Å²) in [7, 11) is 2.10. The number of rotatable bonds is 4. The topological polar surface area (TPSA) is 90.2 Å². The number of thiazole rings is 1. The Morgan fingerprint density at radius 3 is 2.68 bits per heavy atom. The highest BCUT2D eigenvalue weighted by Gasteiger charge is 2.30. The van der Waals surface area contributed by atoms with Gasteiger partial charge in [-0.05, 0) is 81.7 Å². The molecule has 1 atom stereocenters. The highest BCUT2D eigenvalue weighted by Crippen LogP contribution is 2.35. The third-order valence-corrected chi connectivity index (χ3v) is 8.58. The number of carboxylic acid groups (broad SMARTS) is 1. The Balaban J connectivity index is 1.24. The molecule has 2 aliphatic rings. The fraction of sp³-hybridized carbons (Fsp3) is 0.370. The number of benzene rings is 2. The number of nitrogens with one attached hydrogen (secondary N) is 1. The van der Waals surface area contributed by atoms with E-state index < -0.39 is 11.9 Å². The van der Waals surface area contributed by atoms with E-state index in [0.29, 0.717) is 40.3 Å². The summed E-state index contributed by atoms with van der Waals surface area (Å²) >= 11 is 1.46. The first-order valence-electron chi connectivity index (χ1n) is 12.6. The number of likely N-dealkylation sites (tertiary alicyclic amines) is 2. The van der Waals surface area contributed by atoms with Gasteiger partial charge in [0.05, 0.1) is 22.0 Å². The summed E-state index contributed by atoms with van der Waals surface area (Å²) in [5.41, 5.74) is 3.10. The minimum Gasteiger partial charge on any atom is -0.465 e. The predicted molar refractivity (Wildman–Crippen MR) is 141 cm³/mol. The van der Waals surface area contributed by atoms with Crippen LogP contribution in [-0.2, 0) is 0 Å². The van der Waals surface area contributed by atoms with Crippen molar-refractivity contribution >= 4 is 38.5 Å². The van der Waals surface area contributed by atoms with E-state index in [2.05, 4.69) is 22.2 Å². The highest BCUT2D eigenvalue weighted by molar-refractivity contribution is 7.23. The standard InChI is InChI=1S/C27H28FN5O3S/c1-31-11-8-18(9-12-31)29-25(34)17-5-7-23-24(14-17)37-26-30-21(15-33(23)26)19-6-4-16(13-20(19)28)22-3-2-10-32(22)27(35)36/h4-7,13-15,18,22H,2-3,8-12H2,1H3,(H,29,34)(H,35,36)/t22-/m1/s1. The number of fused-ring (bicyclic) bond motifs is 3. The molecule has 0 spiro atoms. The number of carbonyl (C=O) groups is 2. The van der Waals surface area contributed by atoms with Crippen molar-refractivity contribution in [3.8, 4) is 11.3 Å². The minimum atomic E-state index is -0.976. The SMILES string of the molecule is CN1CCC(NC(=O)c2ccc3c(c2)sc2nc(-c4ccc([C@H]5CCCN5C(=O)O)cc4F)cn23)CC1. The second kappa shape index (κ2) is 9.42. The molecule has 4 heterocycles. The molecule has 2 N–H and O–H groups in total. The zero-order valence-electron chi connectivity index (χ0n) is 20.5. The quantitative estimate of drug-likeness (QED) is 0.395. The van der Waals surface area contributed by atoms with Crippen molar-refractivity contribution in [3.05, 3.63) is 59.5 Å². The fourth-order valence-corrected chi connectivity index (χ4v) is 6.53. The van der Waals surface area contributed by atoms with Crippen LogP contribution in [-0.4, -0.2) is 69.0 Å². The minimum absolute atomic E-state index is 0.0610. The molecule has 2 amide bonds. The van der Waals surface area contributed by atoms with Gasteiger partial charge in [-0.2, -0.15) is 0 Å². The second-order valence-corrected chi connectivity index (χ2v) is 11.0. The number of nitrogens with zero attached hydrogens (tertiary/aromatic N) is 4. The van der Waals surface area contributed by atoms with E-state index >= 15 is 4.39 Å². The highest BCUT2D eigenvalue weighted by atomic mass is 32.1. The zero-order chi connectivity index (χ0) is 25.7. The molecule has 0 bridgehead atoms. The Hall–Kier alpha value is -3.50. The van der Waals surface area contributed by atoms with Crippen LogP contribution >= 0.6 is 11.3 Å². The molecule has 0 radical (unpaired) electrons. The molecular formula is C27H28FN5O3S. The van der Waals surface area contributed by atoms with Gasteiger partial charge in [-0.25, -0.2) is 14.2 Å². The summed E-state index contributed by atoms with van der Waals surface area (Å²) in [6.07, 6.45) is 4.20. The van der Waals surface area contributed by atoms with E-state index in [9.17, 15) is 14.7 Å². The lowest BCUT2D eigenvalue weighted by molar-refractivity contribution is 0.0917. The molecule has 192 valence electrons. The maximum atomic E-state index is 15.2. The van der Waals surface area contributed by atoms with Crippen LogP contribution in [0.25, 0.3) is 26.4 Å². The van der Waals surface area contributed by atoms with Gasteiger partial charge in [0, 0.05) is 29.9 Å². The molecule has 2 aliphatic heterocycles. The fourth-order valence-electron chi connectivity index (χ4n) is 5.48. The maximum Gasteiger partial charge on any atom is 0.407 e. The third-order valence-electron chi connectivity index (χ3n) is 7.56. The van der Waals surface area contributed by atoms with Gasteiger partial charge in [-0.1, -0.05) is 17.4 Å². The van der Waals surface area contributed by atoms with Crippen molar-refractivity contribution in [2.45, 2.75) is 37.8 Å². The van der Waals surface area contributed by atoms with Crippen LogP contribution in [0.5, 0.6) is 0 Å². The van der Waals surface area contributed by atoms with Crippen molar-refractivity contribution in [2.75, 3.05) is 26.7 Å². The van der Waals surface area contributed by atoms with Crippen molar-refractivity contribution in [1.29, 1.82) is 0 Å². The Morgan fingerprint density at radius 2 is 1.92 bits per heavy atom. The Bertz CT molecular complexity index is 1510. The molecule has 0 aliphatic carbocycles. The van der Waals surface area contributed by atoms with E-state index in [-0.39, 0.29) is 18.0 Å². The monoisotopic (exact) mass is 521 g/mol. The van der Waals surface area contributed by atoms with Gasteiger partial charge < -0.3 is 20.2 Å². The summed E-state index contributed by atoms with van der Waals surface area (Å²) < 4.78 is 18.0. The van der Waals surface area contributed by atoms with Crippen LogP contribution in [0.3, 0.4) is 0 Å². The van der Waals surface area contributed by atoms with Crippen LogP contribution in [0.1, 0.15) is 47.6 Å². The molecule has 10 heteroatoms. The first kappa shape index (κ1) is 23.9. The van der Waals surface area contributed by atoms with Crippen LogP contribution < -0.4 is 5.32 Å². The number of piperidine rings is 1. The van der Waals surface area contributed by atoms with Crippen molar-refractivity contribution < 1.29 is 19.1 Å². The molecular weight excluding hydrogens is 493 g/mol. The van der Waals surface area contributed by atoms with E-state index in [4.69, 9.17) is 0 Å². The normalized spacial score (nSPS) is 19.2. The number of imidazole rings is 1. The molecule has 2 fully saturated rings. The maximum absolute atomic E-state index is 15.2. The van der Waals surface area contributed by atoms with Crippen molar-refractivity contribution in [2.24, 2.45) is 0 Å². The molecule has 37 heavy (non-hydrogen) atoms. The number of amides is 2. The van der Waals surface area contributed by atoms with Gasteiger partial charge in [0.25, 0.3) is 5.91 Å². The molecule has 2 saturated heterocycles. The predicted octanol–water partition coefficient (Wildman–Crippen LogP) is 4.99. The summed E-state index contributed by atoms with van der Waals surface area (Å²) in [5.74, 6) is -0.480. The molecule has 4 aromatic rings. The molecule has 0 unspecified atom stereocenters. The van der Waals surface area contributed by atoms with Crippen LogP contribution in [0.15, 0.2) is 42.6 Å². The van der Waals surface area contributed by atoms with Gasteiger partial charge in [-0.15, -0.1) is 0 Å². The summed E-state index contributed by atoms with van der Waals surface area (Å²) in [6.45, 7) is 2.44. The lowest BCUT2D eigenvalue weighted by atomic mass is 10.0. The first-order chi connectivity index (χ1) is 17.9. The summed E-state index contributed by atoms with van der Waals surface area (Å²) in [6, 6.07) is 10.4. The average Bonchev–Trinajstić information content (AvgIpc) is 3.60. The van der Waals surface area contributed by atoms with E-state index in [0.717, 1.165) is 42.6 Å². The van der Waals surface area contributed by atoms with Gasteiger partial charge in [0.2, 0.25) is 0 Å².